The van der Waals surface area contributed by atoms with Crippen LogP contribution >= 0.6 is 0 Å². The van der Waals surface area contributed by atoms with Gasteiger partial charge in [-0.05, 0) is 51.7 Å². The highest BCUT2D eigenvalue weighted by Gasteiger charge is 2.24. The van der Waals surface area contributed by atoms with E-state index in [9.17, 15) is 14.3 Å². The standard InChI is InChI=1S/C17H25FN2O3/c1-4-20(11-17(2,3)22)16(21)19-14-8-7-13(18)9-15(14)23-10-12-5-6-12/h7-9,12,22H,4-6,10-11H2,1-3H3,(H,19,21). The summed E-state index contributed by atoms with van der Waals surface area (Å²) in [5, 5.41) is 12.6. The van der Waals surface area contributed by atoms with E-state index >= 15 is 0 Å². The number of ether oxygens (including phenoxy) is 1. The van der Waals surface area contributed by atoms with E-state index < -0.39 is 11.4 Å². The third kappa shape index (κ3) is 5.71. The second-order valence-corrected chi connectivity index (χ2v) is 6.65. The molecule has 2 amide bonds. The predicted octanol–water partition coefficient (Wildman–Crippen LogP) is 3.24. The van der Waals surface area contributed by atoms with Crippen LogP contribution in [-0.2, 0) is 0 Å². The summed E-state index contributed by atoms with van der Waals surface area (Å²) in [6.45, 7) is 6.31. The first-order valence-electron chi connectivity index (χ1n) is 7.99. The van der Waals surface area contributed by atoms with E-state index in [1.165, 1.54) is 23.1 Å². The number of urea groups is 1. The van der Waals surface area contributed by atoms with Crippen molar-refractivity contribution in [1.82, 2.24) is 4.90 Å². The van der Waals surface area contributed by atoms with E-state index in [0.717, 1.165) is 12.8 Å². The summed E-state index contributed by atoms with van der Waals surface area (Å²) in [4.78, 5) is 13.9. The molecule has 0 spiro atoms. The van der Waals surface area contributed by atoms with Gasteiger partial charge in [-0.15, -0.1) is 0 Å². The quantitative estimate of drug-likeness (QED) is 0.809. The molecule has 2 N–H and O–H groups in total. The van der Waals surface area contributed by atoms with Crippen LogP contribution in [0.3, 0.4) is 0 Å². The molecule has 1 aromatic carbocycles. The molecule has 1 aliphatic carbocycles. The normalized spacial score (nSPS) is 14.5. The van der Waals surface area contributed by atoms with Gasteiger partial charge in [-0.3, -0.25) is 0 Å². The number of amides is 2. The molecule has 0 atom stereocenters. The summed E-state index contributed by atoms with van der Waals surface area (Å²) < 4.78 is 19.1. The summed E-state index contributed by atoms with van der Waals surface area (Å²) in [5.74, 6) is 0.464. The van der Waals surface area contributed by atoms with Crippen molar-refractivity contribution < 1.29 is 19.0 Å². The number of carbonyl (C=O) groups excluding carboxylic acids is 1. The summed E-state index contributed by atoms with van der Waals surface area (Å²) >= 11 is 0. The highest BCUT2D eigenvalue weighted by atomic mass is 19.1. The van der Waals surface area contributed by atoms with E-state index in [0.29, 0.717) is 30.5 Å². The molecule has 1 saturated carbocycles. The molecule has 0 saturated heterocycles. The molecule has 0 radical (unpaired) electrons. The molecule has 6 heteroatoms. The van der Waals surface area contributed by atoms with Crippen molar-refractivity contribution in [3.8, 4) is 5.75 Å². The maximum Gasteiger partial charge on any atom is 0.322 e. The van der Waals surface area contributed by atoms with Crippen molar-refractivity contribution in [2.75, 3.05) is 25.0 Å². The molecule has 0 aliphatic heterocycles. The van der Waals surface area contributed by atoms with Crippen molar-refractivity contribution >= 4 is 11.7 Å². The number of rotatable bonds is 7. The molecule has 1 aliphatic rings. The number of halogens is 1. The zero-order valence-corrected chi connectivity index (χ0v) is 13.9. The zero-order valence-electron chi connectivity index (χ0n) is 13.9. The molecular formula is C17H25FN2O3. The highest BCUT2D eigenvalue weighted by molar-refractivity contribution is 5.91. The Morgan fingerprint density at radius 3 is 2.74 bits per heavy atom. The highest BCUT2D eigenvalue weighted by Crippen LogP contribution is 2.32. The van der Waals surface area contributed by atoms with Gasteiger partial charge in [0.1, 0.15) is 11.6 Å². The molecule has 2 rings (SSSR count). The molecule has 128 valence electrons. The van der Waals surface area contributed by atoms with E-state index in [1.54, 1.807) is 13.8 Å². The zero-order chi connectivity index (χ0) is 17.0. The minimum atomic E-state index is -0.985. The summed E-state index contributed by atoms with van der Waals surface area (Å²) in [6, 6.07) is 3.71. The number of hydrogen-bond donors (Lipinski definition) is 2. The number of likely N-dealkylation sites (N-methyl/N-ethyl adjacent to an activating group) is 1. The fourth-order valence-electron chi connectivity index (χ4n) is 2.20. The molecule has 5 nitrogen and oxygen atoms in total. The van der Waals surface area contributed by atoms with Crippen LogP contribution in [0.15, 0.2) is 18.2 Å². The van der Waals surface area contributed by atoms with Gasteiger partial charge in [-0.25, -0.2) is 9.18 Å². The van der Waals surface area contributed by atoms with Crippen LogP contribution in [0.2, 0.25) is 0 Å². The predicted molar refractivity (Wildman–Crippen MR) is 87.2 cm³/mol. The smallest absolute Gasteiger partial charge is 0.322 e. The molecule has 0 bridgehead atoms. The van der Waals surface area contributed by atoms with Gasteiger partial charge >= 0.3 is 6.03 Å². The molecule has 0 aromatic heterocycles. The van der Waals surface area contributed by atoms with Crippen molar-refractivity contribution in [2.45, 2.75) is 39.2 Å². The fraction of sp³-hybridized carbons (Fsp3) is 0.588. The summed E-state index contributed by atoms with van der Waals surface area (Å²) in [5.41, 5.74) is -0.548. The van der Waals surface area contributed by atoms with Crippen LogP contribution < -0.4 is 10.1 Å². The first-order chi connectivity index (χ1) is 10.8. The number of anilines is 1. The lowest BCUT2D eigenvalue weighted by atomic mass is 10.1. The second kappa shape index (κ2) is 7.17. The van der Waals surface area contributed by atoms with Crippen LogP contribution in [0.25, 0.3) is 0 Å². The maximum atomic E-state index is 13.4. The summed E-state index contributed by atoms with van der Waals surface area (Å²) in [7, 11) is 0. The number of benzene rings is 1. The monoisotopic (exact) mass is 324 g/mol. The second-order valence-electron chi connectivity index (χ2n) is 6.65. The minimum absolute atomic E-state index is 0.203. The Balaban J connectivity index is 2.06. The number of nitrogens with one attached hydrogen (secondary N) is 1. The Hall–Kier alpha value is -1.82. The van der Waals surface area contributed by atoms with E-state index in [4.69, 9.17) is 4.74 Å². The maximum absolute atomic E-state index is 13.4. The molecule has 1 fully saturated rings. The van der Waals surface area contributed by atoms with E-state index in [-0.39, 0.29) is 12.6 Å². The van der Waals surface area contributed by atoms with Crippen LogP contribution in [0.1, 0.15) is 33.6 Å². The van der Waals surface area contributed by atoms with Gasteiger partial charge in [-0.1, -0.05) is 0 Å². The van der Waals surface area contributed by atoms with Crippen LogP contribution in [0.5, 0.6) is 5.75 Å². The van der Waals surface area contributed by atoms with Gasteiger partial charge in [-0.2, -0.15) is 0 Å². The lowest BCUT2D eigenvalue weighted by molar-refractivity contribution is 0.0501. The molecule has 0 heterocycles. The van der Waals surface area contributed by atoms with Crippen molar-refractivity contribution in [3.05, 3.63) is 24.0 Å². The Labute approximate surface area is 136 Å². The average Bonchev–Trinajstić information content (AvgIpc) is 3.28. The topological polar surface area (TPSA) is 61.8 Å². The van der Waals surface area contributed by atoms with Gasteiger partial charge in [0, 0.05) is 12.6 Å². The number of carbonyl (C=O) groups is 1. The third-order valence-corrected chi connectivity index (χ3v) is 3.60. The first-order valence-corrected chi connectivity index (χ1v) is 7.99. The molecule has 23 heavy (non-hydrogen) atoms. The lowest BCUT2D eigenvalue weighted by Crippen LogP contribution is -2.44. The van der Waals surface area contributed by atoms with Crippen molar-refractivity contribution in [3.63, 3.8) is 0 Å². The average molecular weight is 324 g/mol. The van der Waals surface area contributed by atoms with Gasteiger partial charge < -0.3 is 20.1 Å². The Kier molecular flexibility index (Phi) is 5.46. The Bertz CT molecular complexity index is 553. The first kappa shape index (κ1) is 17.5. The fourth-order valence-corrected chi connectivity index (χ4v) is 2.20. The Morgan fingerprint density at radius 2 is 2.17 bits per heavy atom. The lowest BCUT2D eigenvalue weighted by Gasteiger charge is -2.28. The summed E-state index contributed by atoms with van der Waals surface area (Å²) in [6.07, 6.45) is 2.26. The van der Waals surface area contributed by atoms with Crippen LogP contribution in [0, 0.1) is 11.7 Å². The van der Waals surface area contributed by atoms with E-state index in [1.807, 2.05) is 6.92 Å². The number of aliphatic hydroxyl groups is 1. The molecule has 1 aromatic rings. The largest absolute Gasteiger partial charge is 0.491 e. The SMILES string of the molecule is CCN(CC(C)(C)O)C(=O)Nc1ccc(F)cc1OCC1CC1. The molecular weight excluding hydrogens is 299 g/mol. The minimum Gasteiger partial charge on any atom is -0.491 e. The van der Waals surface area contributed by atoms with E-state index in [2.05, 4.69) is 5.32 Å². The third-order valence-electron chi connectivity index (χ3n) is 3.60. The van der Waals surface area contributed by atoms with Gasteiger partial charge in [0.2, 0.25) is 0 Å². The van der Waals surface area contributed by atoms with Crippen molar-refractivity contribution in [2.24, 2.45) is 5.92 Å². The van der Waals surface area contributed by atoms with Gasteiger partial charge in [0.25, 0.3) is 0 Å². The van der Waals surface area contributed by atoms with Crippen LogP contribution in [-0.4, -0.2) is 41.3 Å². The number of hydrogen-bond acceptors (Lipinski definition) is 3. The van der Waals surface area contributed by atoms with Gasteiger partial charge in [0.05, 0.1) is 24.4 Å². The van der Waals surface area contributed by atoms with Crippen molar-refractivity contribution in [1.29, 1.82) is 0 Å². The van der Waals surface area contributed by atoms with Crippen LogP contribution in [0.4, 0.5) is 14.9 Å². The number of nitrogens with zero attached hydrogens (tertiary/aromatic N) is 1. The molecule has 0 unspecified atom stereocenters. The Morgan fingerprint density at radius 1 is 1.48 bits per heavy atom. The van der Waals surface area contributed by atoms with Gasteiger partial charge in [0.15, 0.2) is 0 Å².